The van der Waals surface area contributed by atoms with Crippen molar-refractivity contribution in [3.63, 3.8) is 0 Å². The summed E-state index contributed by atoms with van der Waals surface area (Å²) in [5, 5.41) is 18.1. The van der Waals surface area contributed by atoms with E-state index in [-0.39, 0.29) is 22.7 Å². The third-order valence-corrected chi connectivity index (χ3v) is 1.83. The molecule has 0 saturated carbocycles. The zero-order chi connectivity index (χ0) is 10.7. The van der Waals surface area contributed by atoms with E-state index in [1.54, 1.807) is 6.07 Å². The van der Waals surface area contributed by atoms with Crippen LogP contribution in [0.1, 0.15) is 22.8 Å². The minimum absolute atomic E-state index is 0.0446. The number of rotatable bonds is 2. The van der Waals surface area contributed by atoms with Gasteiger partial charge in [-0.25, -0.2) is 0 Å². The summed E-state index contributed by atoms with van der Waals surface area (Å²) in [4.78, 5) is 11.2. The summed E-state index contributed by atoms with van der Waals surface area (Å²) in [7, 11) is 1.40. The Morgan fingerprint density at radius 2 is 2.21 bits per heavy atom. The summed E-state index contributed by atoms with van der Waals surface area (Å²) >= 11 is 0. The Bertz CT molecular complexity index is 418. The van der Waals surface area contributed by atoms with Crippen molar-refractivity contribution in [1.29, 1.82) is 5.26 Å². The molecular formula is C10H9NO3. The van der Waals surface area contributed by atoms with E-state index in [4.69, 9.17) is 10.00 Å². The van der Waals surface area contributed by atoms with Crippen molar-refractivity contribution in [3.8, 4) is 17.6 Å². The van der Waals surface area contributed by atoms with Gasteiger partial charge in [0.2, 0.25) is 0 Å². The van der Waals surface area contributed by atoms with Crippen molar-refractivity contribution in [2.24, 2.45) is 0 Å². The molecule has 0 bridgehead atoms. The van der Waals surface area contributed by atoms with Crippen molar-refractivity contribution in [1.82, 2.24) is 0 Å². The Morgan fingerprint density at radius 1 is 1.57 bits per heavy atom. The molecule has 0 saturated heterocycles. The molecule has 4 heteroatoms. The van der Waals surface area contributed by atoms with E-state index >= 15 is 0 Å². The molecule has 0 radical (unpaired) electrons. The first-order valence-corrected chi connectivity index (χ1v) is 3.92. The van der Waals surface area contributed by atoms with Crippen LogP contribution in [0.3, 0.4) is 0 Å². The molecule has 0 aliphatic heterocycles. The van der Waals surface area contributed by atoms with Gasteiger partial charge in [-0.15, -0.1) is 0 Å². The van der Waals surface area contributed by atoms with E-state index in [1.165, 1.54) is 26.2 Å². The Labute approximate surface area is 81.4 Å². The lowest BCUT2D eigenvalue weighted by Crippen LogP contribution is -2.01. The van der Waals surface area contributed by atoms with E-state index in [0.717, 1.165) is 0 Å². The first-order chi connectivity index (χ1) is 6.61. The van der Waals surface area contributed by atoms with Gasteiger partial charge in [0.05, 0.1) is 12.7 Å². The maximum Gasteiger partial charge on any atom is 0.165 e. The molecule has 0 aliphatic rings. The van der Waals surface area contributed by atoms with Gasteiger partial charge in [-0.1, -0.05) is 0 Å². The first kappa shape index (κ1) is 10.1. The van der Waals surface area contributed by atoms with Gasteiger partial charge in [0, 0.05) is 0 Å². The molecule has 0 heterocycles. The SMILES string of the molecule is COc1ccc(O)c(C#N)c1C(C)=O. The predicted molar refractivity (Wildman–Crippen MR) is 49.4 cm³/mol. The molecule has 0 aromatic heterocycles. The van der Waals surface area contributed by atoms with Gasteiger partial charge in [0.25, 0.3) is 0 Å². The monoisotopic (exact) mass is 191 g/mol. The van der Waals surface area contributed by atoms with E-state index in [2.05, 4.69) is 0 Å². The topological polar surface area (TPSA) is 70.3 Å². The fourth-order valence-corrected chi connectivity index (χ4v) is 1.21. The number of nitrogens with zero attached hydrogens (tertiary/aromatic N) is 1. The van der Waals surface area contributed by atoms with Crippen LogP contribution in [0.2, 0.25) is 0 Å². The molecule has 0 atom stereocenters. The fourth-order valence-electron chi connectivity index (χ4n) is 1.21. The van der Waals surface area contributed by atoms with Crippen molar-refractivity contribution in [2.45, 2.75) is 6.92 Å². The standard InChI is InChI=1S/C10H9NO3/c1-6(12)10-7(5-11)8(13)3-4-9(10)14-2/h3-4,13H,1-2H3. The van der Waals surface area contributed by atoms with Crippen LogP contribution in [0.4, 0.5) is 0 Å². The number of carbonyl (C=O) groups is 1. The number of benzene rings is 1. The lowest BCUT2D eigenvalue weighted by atomic mass is 10.0. The molecule has 1 aromatic rings. The van der Waals surface area contributed by atoms with E-state index in [0.29, 0.717) is 5.75 Å². The van der Waals surface area contributed by atoms with Crippen molar-refractivity contribution in [2.75, 3.05) is 7.11 Å². The fraction of sp³-hybridized carbons (Fsp3) is 0.200. The molecule has 0 amide bonds. The van der Waals surface area contributed by atoms with Crippen LogP contribution >= 0.6 is 0 Å². The van der Waals surface area contributed by atoms with Gasteiger partial charge in [-0.2, -0.15) is 5.26 Å². The molecule has 0 spiro atoms. The number of hydrogen-bond donors (Lipinski definition) is 1. The number of Topliss-reactive ketones (excluding diaryl/α,β-unsaturated/α-hetero) is 1. The number of methoxy groups -OCH3 is 1. The molecule has 0 fully saturated rings. The maximum atomic E-state index is 11.2. The van der Waals surface area contributed by atoms with Crippen molar-refractivity contribution in [3.05, 3.63) is 23.3 Å². The molecule has 0 unspecified atom stereocenters. The Kier molecular flexibility index (Phi) is 2.73. The number of carbonyl (C=O) groups excluding carboxylic acids is 1. The summed E-state index contributed by atoms with van der Waals surface area (Å²) < 4.78 is 4.92. The van der Waals surface area contributed by atoms with E-state index < -0.39 is 0 Å². The number of ketones is 1. The number of ether oxygens (including phenoxy) is 1. The number of hydrogen-bond acceptors (Lipinski definition) is 4. The quantitative estimate of drug-likeness (QED) is 0.718. The highest BCUT2D eigenvalue weighted by atomic mass is 16.5. The van der Waals surface area contributed by atoms with E-state index in [9.17, 15) is 9.90 Å². The minimum Gasteiger partial charge on any atom is -0.507 e. The van der Waals surface area contributed by atoms with Gasteiger partial charge in [-0.05, 0) is 19.1 Å². The molecule has 0 aliphatic carbocycles. The Hall–Kier alpha value is -2.02. The summed E-state index contributed by atoms with van der Waals surface area (Å²) in [5.41, 5.74) is 0.0758. The second kappa shape index (κ2) is 3.79. The molecule has 4 nitrogen and oxygen atoms in total. The van der Waals surface area contributed by atoms with Crippen molar-refractivity contribution >= 4 is 5.78 Å². The lowest BCUT2D eigenvalue weighted by Gasteiger charge is -2.07. The van der Waals surface area contributed by atoms with Crippen LogP contribution in [0.25, 0.3) is 0 Å². The average molecular weight is 191 g/mol. The molecular weight excluding hydrogens is 182 g/mol. The van der Waals surface area contributed by atoms with Gasteiger partial charge in [-0.3, -0.25) is 4.79 Å². The minimum atomic E-state index is -0.311. The zero-order valence-electron chi connectivity index (χ0n) is 7.87. The highest BCUT2D eigenvalue weighted by molar-refractivity contribution is 6.00. The Morgan fingerprint density at radius 3 is 2.64 bits per heavy atom. The van der Waals surface area contributed by atoms with Gasteiger partial charge in [0.15, 0.2) is 5.78 Å². The van der Waals surface area contributed by atoms with Crippen LogP contribution in [-0.4, -0.2) is 18.0 Å². The second-order valence-corrected chi connectivity index (χ2v) is 2.70. The third-order valence-electron chi connectivity index (χ3n) is 1.83. The third kappa shape index (κ3) is 1.52. The van der Waals surface area contributed by atoms with Crippen molar-refractivity contribution < 1.29 is 14.6 Å². The molecule has 1 N–H and O–H groups in total. The van der Waals surface area contributed by atoms with Crippen LogP contribution in [0, 0.1) is 11.3 Å². The van der Waals surface area contributed by atoms with Gasteiger partial charge >= 0.3 is 0 Å². The number of aromatic hydroxyl groups is 1. The van der Waals surface area contributed by atoms with Gasteiger partial charge in [0.1, 0.15) is 23.1 Å². The van der Waals surface area contributed by atoms with E-state index in [1.807, 2.05) is 0 Å². The summed E-state index contributed by atoms with van der Waals surface area (Å²) in [6.07, 6.45) is 0. The largest absolute Gasteiger partial charge is 0.507 e. The smallest absolute Gasteiger partial charge is 0.165 e. The zero-order valence-corrected chi connectivity index (χ0v) is 7.87. The first-order valence-electron chi connectivity index (χ1n) is 3.92. The van der Waals surface area contributed by atoms with Crippen LogP contribution < -0.4 is 4.74 Å². The summed E-state index contributed by atoms with van der Waals surface area (Å²) in [6, 6.07) is 4.54. The highest BCUT2D eigenvalue weighted by Crippen LogP contribution is 2.29. The molecule has 1 rings (SSSR count). The van der Waals surface area contributed by atoms with Gasteiger partial charge < -0.3 is 9.84 Å². The number of phenolic OH excluding ortho intramolecular Hbond substituents is 1. The molecule has 1 aromatic carbocycles. The maximum absolute atomic E-state index is 11.2. The second-order valence-electron chi connectivity index (χ2n) is 2.70. The molecule has 14 heavy (non-hydrogen) atoms. The van der Waals surface area contributed by atoms with Crippen LogP contribution in [-0.2, 0) is 0 Å². The highest BCUT2D eigenvalue weighted by Gasteiger charge is 2.16. The van der Waals surface area contributed by atoms with Crippen LogP contribution in [0.5, 0.6) is 11.5 Å². The average Bonchev–Trinajstić information content (AvgIpc) is 2.17. The molecule has 72 valence electrons. The normalized spacial score (nSPS) is 9.21. The summed E-state index contributed by atoms with van der Waals surface area (Å²) in [6.45, 7) is 1.32. The predicted octanol–water partition coefficient (Wildman–Crippen LogP) is 1.48. The summed E-state index contributed by atoms with van der Waals surface area (Å²) in [5.74, 6) is -0.223. The number of phenols is 1. The Balaban J connectivity index is 3.54. The van der Waals surface area contributed by atoms with Crippen LogP contribution in [0.15, 0.2) is 12.1 Å². The number of nitriles is 1. The lowest BCUT2D eigenvalue weighted by molar-refractivity contribution is 0.101.